The Kier molecular flexibility index (Phi) is 7.48. The van der Waals surface area contributed by atoms with E-state index in [1.807, 2.05) is 31.2 Å². The number of benzene rings is 1. The zero-order chi connectivity index (χ0) is 14.1. The summed E-state index contributed by atoms with van der Waals surface area (Å²) in [6.45, 7) is 3.70. The maximum absolute atomic E-state index is 11.8. The highest BCUT2D eigenvalue weighted by atomic mass is 35.5. The van der Waals surface area contributed by atoms with Crippen molar-refractivity contribution in [3.05, 3.63) is 34.9 Å². The lowest BCUT2D eigenvalue weighted by molar-refractivity contribution is -0.122. The van der Waals surface area contributed by atoms with Crippen LogP contribution in [0.1, 0.15) is 18.9 Å². The second-order valence-corrected chi connectivity index (χ2v) is 4.74. The molecule has 1 unspecified atom stereocenters. The van der Waals surface area contributed by atoms with Crippen LogP contribution in [0.4, 0.5) is 0 Å². The molecule has 0 radical (unpaired) electrons. The van der Waals surface area contributed by atoms with Gasteiger partial charge in [0.05, 0.1) is 6.04 Å². The van der Waals surface area contributed by atoms with Crippen molar-refractivity contribution in [3.63, 3.8) is 0 Å². The Balaban J connectivity index is 2.28. The smallest absolute Gasteiger partial charge is 0.236 e. The first-order valence-electron chi connectivity index (χ1n) is 6.38. The zero-order valence-electron chi connectivity index (χ0n) is 11.4. The largest absolute Gasteiger partial charge is 0.385 e. The Labute approximate surface area is 119 Å². The van der Waals surface area contributed by atoms with Crippen molar-refractivity contribution >= 4 is 17.5 Å². The standard InChI is InChI=1S/C14H21ClN2O2/c1-11(14(18)16-8-5-9-19-2)17-10-12-6-3-4-7-13(12)15/h3-4,6-7,11,17H,5,8-10H2,1-2H3,(H,16,18). The summed E-state index contributed by atoms with van der Waals surface area (Å²) in [5.41, 5.74) is 0.989. The number of carbonyl (C=O) groups excluding carboxylic acids is 1. The van der Waals surface area contributed by atoms with Crippen LogP contribution in [0.5, 0.6) is 0 Å². The highest BCUT2D eigenvalue weighted by Crippen LogP contribution is 2.14. The van der Waals surface area contributed by atoms with Crippen LogP contribution in [0.2, 0.25) is 5.02 Å². The Bertz CT molecular complexity index is 399. The lowest BCUT2D eigenvalue weighted by atomic mass is 10.2. The fourth-order valence-corrected chi connectivity index (χ4v) is 1.78. The fraction of sp³-hybridized carbons (Fsp3) is 0.500. The van der Waals surface area contributed by atoms with Gasteiger partial charge >= 0.3 is 0 Å². The molecule has 0 saturated heterocycles. The molecule has 1 aromatic rings. The van der Waals surface area contributed by atoms with Crippen molar-refractivity contribution in [2.45, 2.75) is 25.9 Å². The second kappa shape index (κ2) is 8.91. The molecule has 1 aromatic carbocycles. The van der Waals surface area contributed by atoms with Gasteiger partial charge in [-0.1, -0.05) is 29.8 Å². The summed E-state index contributed by atoms with van der Waals surface area (Å²) in [5, 5.41) is 6.72. The van der Waals surface area contributed by atoms with E-state index >= 15 is 0 Å². The van der Waals surface area contributed by atoms with Gasteiger partial charge in [-0.25, -0.2) is 0 Å². The van der Waals surface area contributed by atoms with E-state index in [0.717, 1.165) is 12.0 Å². The van der Waals surface area contributed by atoms with Gasteiger partial charge in [-0.2, -0.15) is 0 Å². The number of ether oxygens (including phenoxy) is 1. The van der Waals surface area contributed by atoms with Crippen molar-refractivity contribution in [3.8, 4) is 0 Å². The first-order chi connectivity index (χ1) is 9.15. The molecule has 0 fully saturated rings. The molecule has 0 heterocycles. The second-order valence-electron chi connectivity index (χ2n) is 4.33. The number of hydrogen-bond donors (Lipinski definition) is 2. The summed E-state index contributed by atoms with van der Waals surface area (Å²) in [6.07, 6.45) is 0.819. The van der Waals surface area contributed by atoms with Gasteiger partial charge in [-0.15, -0.1) is 0 Å². The normalized spacial score (nSPS) is 12.2. The monoisotopic (exact) mass is 284 g/mol. The molecule has 1 amide bonds. The number of amides is 1. The van der Waals surface area contributed by atoms with Crippen molar-refractivity contribution in [2.24, 2.45) is 0 Å². The minimum atomic E-state index is -0.251. The van der Waals surface area contributed by atoms with Gasteiger partial charge in [0.1, 0.15) is 0 Å². The molecule has 106 valence electrons. The average molecular weight is 285 g/mol. The zero-order valence-corrected chi connectivity index (χ0v) is 12.2. The summed E-state index contributed by atoms with van der Waals surface area (Å²) in [5.74, 6) is -0.0110. The molecule has 0 spiro atoms. The molecule has 0 bridgehead atoms. The molecule has 0 aromatic heterocycles. The van der Waals surface area contributed by atoms with Gasteiger partial charge < -0.3 is 15.4 Å². The van der Waals surface area contributed by atoms with Crippen molar-refractivity contribution < 1.29 is 9.53 Å². The van der Waals surface area contributed by atoms with E-state index in [1.165, 1.54) is 0 Å². The number of hydrogen-bond acceptors (Lipinski definition) is 3. The molecular formula is C14H21ClN2O2. The summed E-state index contributed by atoms with van der Waals surface area (Å²) in [7, 11) is 1.65. The number of rotatable bonds is 8. The minimum Gasteiger partial charge on any atom is -0.385 e. The molecule has 19 heavy (non-hydrogen) atoms. The van der Waals surface area contributed by atoms with Gasteiger partial charge in [0, 0.05) is 31.8 Å². The van der Waals surface area contributed by atoms with Crippen LogP contribution in [0.15, 0.2) is 24.3 Å². The van der Waals surface area contributed by atoms with E-state index in [-0.39, 0.29) is 11.9 Å². The van der Waals surface area contributed by atoms with Crippen molar-refractivity contribution in [2.75, 3.05) is 20.3 Å². The van der Waals surface area contributed by atoms with Gasteiger partial charge in [0.2, 0.25) is 5.91 Å². The van der Waals surface area contributed by atoms with Crippen LogP contribution >= 0.6 is 11.6 Å². The highest BCUT2D eigenvalue weighted by molar-refractivity contribution is 6.31. The number of nitrogens with one attached hydrogen (secondary N) is 2. The Morgan fingerprint density at radius 2 is 2.16 bits per heavy atom. The summed E-state index contributed by atoms with van der Waals surface area (Å²) >= 11 is 6.05. The minimum absolute atomic E-state index is 0.0110. The molecule has 1 rings (SSSR count). The van der Waals surface area contributed by atoms with E-state index < -0.39 is 0 Å². The summed E-state index contributed by atoms with van der Waals surface area (Å²) in [4.78, 5) is 11.8. The van der Waals surface area contributed by atoms with E-state index in [4.69, 9.17) is 16.3 Å². The third-order valence-corrected chi connectivity index (χ3v) is 3.14. The topological polar surface area (TPSA) is 50.4 Å². The Morgan fingerprint density at radius 1 is 1.42 bits per heavy atom. The van der Waals surface area contributed by atoms with Gasteiger partial charge in [0.25, 0.3) is 0 Å². The first kappa shape index (κ1) is 16.0. The van der Waals surface area contributed by atoms with Crippen LogP contribution in [0, 0.1) is 0 Å². The molecule has 4 nitrogen and oxygen atoms in total. The number of carbonyl (C=O) groups is 1. The Hall–Kier alpha value is -1.10. The third-order valence-electron chi connectivity index (χ3n) is 2.77. The average Bonchev–Trinajstić information content (AvgIpc) is 2.42. The molecular weight excluding hydrogens is 264 g/mol. The predicted octanol–water partition coefficient (Wildman–Crippen LogP) is 1.97. The van der Waals surface area contributed by atoms with Crippen LogP contribution in [0.3, 0.4) is 0 Å². The summed E-state index contributed by atoms with van der Waals surface area (Å²) < 4.78 is 4.92. The van der Waals surface area contributed by atoms with Crippen LogP contribution in [0.25, 0.3) is 0 Å². The molecule has 1 atom stereocenters. The van der Waals surface area contributed by atoms with E-state index in [9.17, 15) is 4.79 Å². The predicted molar refractivity (Wildman–Crippen MR) is 77.3 cm³/mol. The molecule has 2 N–H and O–H groups in total. The van der Waals surface area contributed by atoms with E-state index in [2.05, 4.69) is 10.6 Å². The quantitative estimate of drug-likeness (QED) is 0.718. The highest BCUT2D eigenvalue weighted by Gasteiger charge is 2.11. The van der Waals surface area contributed by atoms with Gasteiger partial charge in [0.15, 0.2) is 0 Å². The fourth-order valence-electron chi connectivity index (χ4n) is 1.58. The third kappa shape index (κ3) is 6.05. The molecule has 0 aliphatic carbocycles. The van der Waals surface area contributed by atoms with Crippen molar-refractivity contribution in [1.82, 2.24) is 10.6 Å². The number of halogens is 1. The molecule has 5 heteroatoms. The number of methoxy groups -OCH3 is 1. The van der Waals surface area contributed by atoms with Crippen LogP contribution in [-0.2, 0) is 16.1 Å². The van der Waals surface area contributed by atoms with Crippen LogP contribution < -0.4 is 10.6 Å². The lowest BCUT2D eigenvalue weighted by Crippen LogP contribution is -2.42. The molecule has 0 aliphatic heterocycles. The first-order valence-corrected chi connectivity index (χ1v) is 6.76. The maximum Gasteiger partial charge on any atom is 0.236 e. The van der Waals surface area contributed by atoms with Crippen molar-refractivity contribution in [1.29, 1.82) is 0 Å². The van der Waals surface area contributed by atoms with Gasteiger partial charge in [-0.05, 0) is 25.0 Å². The summed E-state index contributed by atoms with van der Waals surface area (Å²) in [6, 6.07) is 7.35. The lowest BCUT2D eigenvalue weighted by Gasteiger charge is -2.14. The van der Waals surface area contributed by atoms with E-state index in [1.54, 1.807) is 7.11 Å². The SMILES string of the molecule is COCCCNC(=O)C(C)NCc1ccccc1Cl. The maximum atomic E-state index is 11.8. The van der Waals surface area contributed by atoms with Crippen LogP contribution in [-0.4, -0.2) is 32.2 Å². The molecule has 0 saturated carbocycles. The van der Waals surface area contributed by atoms with Gasteiger partial charge in [-0.3, -0.25) is 4.79 Å². The Morgan fingerprint density at radius 3 is 2.84 bits per heavy atom. The molecule has 0 aliphatic rings. The van der Waals surface area contributed by atoms with E-state index in [0.29, 0.717) is 24.7 Å².